The third-order valence-corrected chi connectivity index (χ3v) is 5.19. The van der Waals surface area contributed by atoms with Crippen LogP contribution in [0.4, 0.5) is 0 Å². The van der Waals surface area contributed by atoms with E-state index in [1.54, 1.807) is 29.9 Å². The zero-order valence-electron chi connectivity index (χ0n) is 13.9. The maximum Gasteiger partial charge on any atom is 0.160 e. The van der Waals surface area contributed by atoms with Gasteiger partial charge < -0.3 is 9.88 Å². The number of thiazole rings is 1. The van der Waals surface area contributed by atoms with Crippen LogP contribution in [0.15, 0.2) is 42.4 Å². The highest BCUT2D eigenvalue weighted by atomic mass is 32.1. The Hall–Kier alpha value is -2.91. The van der Waals surface area contributed by atoms with Gasteiger partial charge in [0.1, 0.15) is 16.4 Å². The lowest BCUT2D eigenvalue weighted by Crippen LogP contribution is -2.28. The number of fused-ring (bicyclic) bond motifs is 1. The smallest absolute Gasteiger partial charge is 0.160 e. The molecule has 1 N–H and O–H groups in total. The number of nitrogens with one attached hydrogen (secondary N) is 1. The van der Waals surface area contributed by atoms with Gasteiger partial charge in [-0.25, -0.2) is 9.97 Å². The van der Waals surface area contributed by atoms with Crippen molar-refractivity contribution in [3.8, 4) is 22.2 Å². The van der Waals surface area contributed by atoms with Gasteiger partial charge in [-0.3, -0.25) is 14.6 Å². The maximum atomic E-state index is 4.71. The quantitative estimate of drug-likeness (QED) is 0.594. The fourth-order valence-electron chi connectivity index (χ4n) is 3.05. The molecule has 0 aromatic carbocycles. The molecule has 0 aliphatic carbocycles. The molecule has 0 amide bonds. The van der Waals surface area contributed by atoms with Crippen LogP contribution in [0.3, 0.4) is 0 Å². The van der Waals surface area contributed by atoms with Crippen LogP contribution in [0, 0.1) is 0 Å². The molecule has 0 unspecified atom stereocenters. The van der Waals surface area contributed by atoms with Crippen molar-refractivity contribution < 1.29 is 0 Å². The second kappa shape index (κ2) is 6.43. The number of rotatable bonds is 4. The molecule has 0 fully saturated rings. The Kier molecular flexibility index (Phi) is 3.80. The highest BCUT2D eigenvalue weighted by Gasteiger charge is 2.16. The van der Waals surface area contributed by atoms with Gasteiger partial charge in [-0.15, -0.1) is 11.3 Å². The van der Waals surface area contributed by atoms with Crippen LogP contribution in [0.5, 0.6) is 0 Å². The number of hydrogen-bond acceptors (Lipinski definition) is 7. The Morgan fingerprint density at radius 3 is 3.04 bits per heavy atom. The molecule has 5 rings (SSSR count). The number of nitrogens with zero attached hydrogens (tertiary/aromatic N) is 7. The molecule has 1 aliphatic heterocycles. The van der Waals surface area contributed by atoms with Crippen LogP contribution >= 0.6 is 11.3 Å². The van der Waals surface area contributed by atoms with E-state index in [0.29, 0.717) is 6.54 Å². The molecule has 0 radical (unpaired) electrons. The lowest BCUT2D eigenvalue weighted by Gasteiger charge is -2.13. The summed E-state index contributed by atoms with van der Waals surface area (Å²) in [7, 11) is 0. The average Bonchev–Trinajstić information content (AvgIpc) is 3.41. The molecular formula is C17H16N8S. The highest BCUT2D eigenvalue weighted by molar-refractivity contribution is 7.13. The van der Waals surface area contributed by atoms with Gasteiger partial charge in [-0.1, -0.05) is 0 Å². The van der Waals surface area contributed by atoms with Crippen molar-refractivity contribution in [3.63, 3.8) is 0 Å². The van der Waals surface area contributed by atoms with E-state index in [2.05, 4.69) is 45.9 Å². The van der Waals surface area contributed by atoms with Gasteiger partial charge in [0, 0.05) is 43.3 Å². The minimum Gasteiger partial charge on any atom is -0.324 e. The highest BCUT2D eigenvalue weighted by Crippen LogP contribution is 2.23. The van der Waals surface area contributed by atoms with Crippen molar-refractivity contribution in [2.24, 2.45) is 0 Å². The van der Waals surface area contributed by atoms with E-state index in [9.17, 15) is 0 Å². The van der Waals surface area contributed by atoms with E-state index in [1.165, 1.54) is 5.69 Å². The number of aromatic nitrogens is 7. The monoisotopic (exact) mass is 364 g/mol. The van der Waals surface area contributed by atoms with Crippen LogP contribution in [-0.2, 0) is 19.6 Å². The molecule has 130 valence electrons. The summed E-state index contributed by atoms with van der Waals surface area (Å²) in [5.41, 5.74) is 3.86. The Balaban J connectivity index is 1.42. The van der Waals surface area contributed by atoms with E-state index >= 15 is 0 Å². The molecule has 4 aromatic rings. The molecule has 9 heteroatoms. The van der Waals surface area contributed by atoms with Crippen molar-refractivity contribution in [1.82, 2.24) is 39.6 Å². The molecule has 4 aromatic heterocycles. The largest absolute Gasteiger partial charge is 0.324 e. The maximum absolute atomic E-state index is 4.71. The van der Waals surface area contributed by atoms with Crippen molar-refractivity contribution in [3.05, 3.63) is 53.8 Å². The minimum atomic E-state index is 0.645. The molecule has 1 aliphatic rings. The fraction of sp³-hybridized carbons (Fsp3) is 0.235. The molecule has 0 atom stereocenters. The Labute approximate surface area is 153 Å². The first-order valence-corrected chi connectivity index (χ1v) is 9.24. The second-order valence-corrected chi connectivity index (χ2v) is 6.89. The van der Waals surface area contributed by atoms with Crippen LogP contribution in [0.1, 0.15) is 11.4 Å². The van der Waals surface area contributed by atoms with E-state index in [4.69, 9.17) is 5.10 Å². The summed E-state index contributed by atoms with van der Waals surface area (Å²) in [5.74, 6) is 0.862. The lowest BCUT2D eigenvalue weighted by molar-refractivity contribution is 0.476. The summed E-state index contributed by atoms with van der Waals surface area (Å²) in [6.07, 6.45) is 8.85. The van der Waals surface area contributed by atoms with Crippen molar-refractivity contribution in [2.45, 2.75) is 19.6 Å². The SMILES string of the molecule is c1cnc(-c2nc(Cn3ccnc3-c3cc4n(n3)CCNC4)cs2)cn1. The van der Waals surface area contributed by atoms with Crippen LogP contribution < -0.4 is 5.32 Å². The van der Waals surface area contributed by atoms with Crippen LogP contribution in [0.25, 0.3) is 22.2 Å². The summed E-state index contributed by atoms with van der Waals surface area (Å²) in [6.45, 7) is 3.34. The third-order valence-electron chi connectivity index (χ3n) is 4.28. The predicted molar refractivity (Wildman–Crippen MR) is 97.4 cm³/mol. The van der Waals surface area contributed by atoms with Gasteiger partial charge in [0.25, 0.3) is 0 Å². The van der Waals surface area contributed by atoms with Crippen molar-refractivity contribution in [1.29, 1.82) is 0 Å². The number of hydrogen-bond donors (Lipinski definition) is 1. The molecule has 0 spiro atoms. The average molecular weight is 364 g/mol. The predicted octanol–water partition coefficient (Wildman–Crippen LogP) is 1.81. The molecule has 0 saturated carbocycles. The molecule has 0 bridgehead atoms. The fourth-order valence-corrected chi connectivity index (χ4v) is 3.82. The van der Waals surface area contributed by atoms with Gasteiger partial charge in [-0.2, -0.15) is 5.10 Å². The molecular weight excluding hydrogens is 348 g/mol. The lowest BCUT2D eigenvalue weighted by atomic mass is 10.3. The van der Waals surface area contributed by atoms with E-state index < -0.39 is 0 Å². The van der Waals surface area contributed by atoms with Gasteiger partial charge in [0.15, 0.2) is 5.82 Å². The van der Waals surface area contributed by atoms with E-state index in [-0.39, 0.29) is 0 Å². The van der Waals surface area contributed by atoms with E-state index in [1.807, 2.05) is 12.4 Å². The van der Waals surface area contributed by atoms with Gasteiger partial charge in [0.2, 0.25) is 0 Å². The molecule has 0 saturated heterocycles. The summed E-state index contributed by atoms with van der Waals surface area (Å²) in [4.78, 5) is 17.6. The van der Waals surface area contributed by atoms with Crippen LogP contribution in [-0.4, -0.2) is 40.8 Å². The summed E-state index contributed by atoms with van der Waals surface area (Å²) < 4.78 is 4.14. The van der Waals surface area contributed by atoms with Gasteiger partial charge >= 0.3 is 0 Å². The first-order chi connectivity index (χ1) is 12.9. The zero-order chi connectivity index (χ0) is 17.3. The minimum absolute atomic E-state index is 0.645. The van der Waals surface area contributed by atoms with E-state index in [0.717, 1.165) is 47.5 Å². The normalized spacial score (nSPS) is 13.7. The Morgan fingerprint density at radius 1 is 1.15 bits per heavy atom. The van der Waals surface area contributed by atoms with Crippen molar-refractivity contribution in [2.75, 3.05) is 6.54 Å². The zero-order valence-corrected chi connectivity index (χ0v) is 14.7. The second-order valence-electron chi connectivity index (χ2n) is 6.03. The van der Waals surface area contributed by atoms with Gasteiger partial charge in [0.05, 0.1) is 30.7 Å². The third kappa shape index (κ3) is 2.80. The first-order valence-electron chi connectivity index (χ1n) is 8.36. The Bertz CT molecular complexity index is 1010. The Morgan fingerprint density at radius 2 is 2.15 bits per heavy atom. The molecule has 5 heterocycles. The van der Waals surface area contributed by atoms with Gasteiger partial charge in [-0.05, 0) is 6.07 Å². The van der Waals surface area contributed by atoms with Crippen LogP contribution in [0.2, 0.25) is 0 Å². The summed E-state index contributed by atoms with van der Waals surface area (Å²) in [6, 6.07) is 2.11. The topological polar surface area (TPSA) is 86.3 Å². The molecule has 26 heavy (non-hydrogen) atoms. The summed E-state index contributed by atoms with van der Waals surface area (Å²) in [5, 5.41) is 11.0. The number of imidazole rings is 1. The van der Waals surface area contributed by atoms with Crippen molar-refractivity contribution >= 4 is 11.3 Å². The first kappa shape index (κ1) is 15.4. The summed E-state index contributed by atoms with van der Waals surface area (Å²) >= 11 is 1.57. The molecule has 8 nitrogen and oxygen atoms in total. The standard InChI is InChI=1S/C17H16N8S/c1-2-20-15(9-18-1)17-22-12(11-26-17)10-24-5-4-21-16(24)14-7-13-8-19-3-6-25(13)23-14/h1-2,4-5,7,9,11,19H,3,6,8,10H2.